The molecule has 0 fully saturated rings. The molecule has 0 aliphatic carbocycles. The molecule has 0 amide bonds. The molecule has 0 bridgehead atoms. The topological polar surface area (TPSA) is 41.8 Å². The van der Waals surface area contributed by atoms with E-state index in [0.29, 0.717) is 0 Å². The number of nitrogens with one attached hydrogen (secondary N) is 1. The van der Waals surface area contributed by atoms with Crippen molar-refractivity contribution in [3.63, 3.8) is 0 Å². The Morgan fingerprint density at radius 3 is 2.04 bits per heavy atom. The number of benzene rings is 2. The first-order valence-corrected chi connectivity index (χ1v) is 9.93. The van der Waals surface area contributed by atoms with E-state index >= 15 is 0 Å². The Hall–Kier alpha value is -2.11. The molecule has 1 N–H and O–H groups in total. The minimum Gasteiger partial charge on any atom is -0.458 e. The summed E-state index contributed by atoms with van der Waals surface area (Å²) in [4.78, 5) is 8.30. The summed E-state index contributed by atoms with van der Waals surface area (Å²) in [5.74, 6) is 2.44. The number of furan rings is 1. The summed E-state index contributed by atoms with van der Waals surface area (Å²) in [6.45, 7) is 2.07. The van der Waals surface area contributed by atoms with Crippen LogP contribution in [0, 0.1) is 0 Å². The van der Waals surface area contributed by atoms with Crippen LogP contribution < -0.4 is 0 Å². The van der Waals surface area contributed by atoms with E-state index in [1.807, 2.05) is 36.4 Å². The van der Waals surface area contributed by atoms with Crippen LogP contribution in [0.1, 0.15) is 12.7 Å². The summed E-state index contributed by atoms with van der Waals surface area (Å²) in [6.07, 6.45) is 0.861. The van der Waals surface area contributed by atoms with E-state index in [4.69, 9.17) is 9.40 Å². The number of rotatable bonds is 4. The molecule has 0 aliphatic rings. The molecule has 26 heavy (non-hydrogen) atoms. The molecule has 3 nitrogen and oxygen atoms in total. The lowest BCUT2D eigenvalue weighted by atomic mass is 10.1. The lowest BCUT2D eigenvalue weighted by Gasteiger charge is -2.04. The number of aromatic amines is 1. The number of aromatic nitrogens is 2. The average Bonchev–Trinajstić information content (AvgIpc) is 3.30. The molecule has 4 aromatic rings. The van der Waals surface area contributed by atoms with Crippen LogP contribution in [0.25, 0.3) is 34.1 Å². The minimum absolute atomic E-state index is 0.737. The van der Waals surface area contributed by atoms with Crippen molar-refractivity contribution in [3.05, 3.63) is 75.4 Å². The van der Waals surface area contributed by atoms with Crippen LogP contribution in [-0.2, 0) is 6.42 Å². The van der Waals surface area contributed by atoms with Crippen LogP contribution in [0.4, 0.5) is 0 Å². The van der Waals surface area contributed by atoms with Gasteiger partial charge in [0, 0.05) is 26.5 Å². The van der Waals surface area contributed by atoms with Crippen molar-refractivity contribution in [2.24, 2.45) is 0 Å². The third-order valence-corrected chi connectivity index (χ3v) is 5.26. The lowest BCUT2D eigenvalue weighted by molar-refractivity contribution is 0.526. The van der Waals surface area contributed by atoms with E-state index in [1.54, 1.807) is 0 Å². The second-order valence-electron chi connectivity index (χ2n) is 5.94. The van der Waals surface area contributed by atoms with Gasteiger partial charge in [-0.05, 0) is 36.4 Å². The molecular weight excluding hydrogens is 456 g/mol. The van der Waals surface area contributed by atoms with Gasteiger partial charge in [-0.3, -0.25) is 0 Å². The first-order chi connectivity index (χ1) is 12.6. The highest BCUT2D eigenvalue weighted by molar-refractivity contribution is 9.10. The van der Waals surface area contributed by atoms with Crippen molar-refractivity contribution >= 4 is 31.9 Å². The lowest BCUT2D eigenvalue weighted by Crippen LogP contribution is -1.83. The minimum atomic E-state index is 0.737. The second-order valence-corrected chi connectivity index (χ2v) is 7.77. The van der Waals surface area contributed by atoms with Crippen molar-refractivity contribution in [3.8, 4) is 34.1 Å². The quantitative estimate of drug-likeness (QED) is 0.345. The van der Waals surface area contributed by atoms with Crippen molar-refractivity contribution in [1.82, 2.24) is 9.97 Å². The van der Waals surface area contributed by atoms with Gasteiger partial charge in [-0.2, -0.15) is 0 Å². The summed E-state index contributed by atoms with van der Waals surface area (Å²) in [7, 11) is 0. The number of nitrogens with zero attached hydrogens (tertiary/aromatic N) is 1. The van der Waals surface area contributed by atoms with E-state index in [1.165, 1.54) is 0 Å². The van der Waals surface area contributed by atoms with Crippen molar-refractivity contribution < 1.29 is 4.42 Å². The molecule has 0 radical (unpaired) electrons. The third-order valence-electron chi connectivity index (χ3n) is 4.20. The molecular formula is C21H16Br2N2O. The molecule has 2 aromatic carbocycles. The highest BCUT2D eigenvalue weighted by Crippen LogP contribution is 2.34. The van der Waals surface area contributed by atoms with Gasteiger partial charge in [-0.25, -0.2) is 4.98 Å². The largest absolute Gasteiger partial charge is 0.458 e. The number of H-pyrrole nitrogens is 1. The van der Waals surface area contributed by atoms with E-state index in [9.17, 15) is 0 Å². The number of hydrogen-bond acceptors (Lipinski definition) is 2. The van der Waals surface area contributed by atoms with Gasteiger partial charge in [-0.15, -0.1) is 0 Å². The zero-order valence-electron chi connectivity index (χ0n) is 14.1. The van der Waals surface area contributed by atoms with Gasteiger partial charge in [-0.1, -0.05) is 63.0 Å². The zero-order valence-corrected chi connectivity index (χ0v) is 17.3. The molecule has 130 valence electrons. The number of halogens is 2. The van der Waals surface area contributed by atoms with Gasteiger partial charge in [0.05, 0.1) is 11.4 Å². The number of hydrogen-bond donors (Lipinski definition) is 1. The summed E-state index contributed by atoms with van der Waals surface area (Å²) >= 11 is 6.99. The molecule has 0 saturated carbocycles. The highest BCUT2D eigenvalue weighted by Gasteiger charge is 2.17. The summed E-state index contributed by atoms with van der Waals surface area (Å²) < 4.78 is 7.98. The Morgan fingerprint density at radius 1 is 0.846 bits per heavy atom. The van der Waals surface area contributed by atoms with Crippen LogP contribution in [0.15, 0.2) is 74.0 Å². The standard InChI is InChI=1S/C21H16Br2N2O/c1-2-17-11-12-18(26-17)21-24-19(13-3-7-15(22)8-4-13)20(25-21)14-5-9-16(23)10-6-14/h3-12H,2H2,1H3,(H,24,25). The number of imidazole rings is 1. The average molecular weight is 472 g/mol. The molecule has 0 atom stereocenters. The number of aryl methyl sites for hydroxylation is 1. The summed E-state index contributed by atoms with van der Waals surface area (Å²) in [6, 6.07) is 20.3. The highest BCUT2D eigenvalue weighted by atomic mass is 79.9. The normalized spacial score (nSPS) is 11.0. The third kappa shape index (κ3) is 3.41. The van der Waals surface area contributed by atoms with Gasteiger partial charge in [0.15, 0.2) is 11.6 Å². The molecule has 5 heteroatoms. The first-order valence-electron chi connectivity index (χ1n) is 8.35. The Bertz CT molecular complexity index is 968. The van der Waals surface area contributed by atoms with E-state index in [-0.39, 0.29) is 0 Å². The Labute approximate surface area is 168 Å². The van der Waals surface area contributed by atoms with Crippen molar-refractivity contribution in [2.45, 2.75) is 13.3 Å². The van der Waals surface area contributed by atoms with Crippen LogP contribution in [-0.4, -0.2) is 9.97 Å². The van der Waals surface area contributed by atoms with Gasteiger partial charge in [0.2, 0.25) is 0 Å². The molecule has 2 heterocycles. The maximum atomic E-state index is 5.89. The van der Waals surface area contributed by atoms with Crippen molar-refractivity contribution in [2.75, 3.05) is 0 Å². The van der Waals surface area contributed by atoms with Crippen molar-refractivity contribution in [1.29, 1.82) is 0 Å². The van der Waals surface area contributed by atoms with E-state index in [2.05, 4.69) is 68.0 Å². The molecule has 0 aliphatic heterocycles. The predicted molar refractivity (Wildman–Crippen MR) is 112 cm³/mol. The zero-order chi connectivity index (χ0) is 18.1. The van der Waals surface area contributed by atoms with Crippen LogP contribution in [0.2, 0.25) is 0 Å². The fourth-order valence-electron chi connectivity index (χ4n) is 2.83. The molecule has 4 rings (SSSR count). The van der Waals surface area contributed by atoms with E-state index < -0.39 is 0 Å². The van der Waals surface area contributed by atoms with Crippen LogP contribution >= 0.6 is 31.9 Å². The molecule has 0 spiro atoms. The SMILES string of the molecule is CCc1ccc(-c2nc(-c3ccc(Br)cc3)c(-c3ccc(Br)cc3)[nH]2)o1. The van der Waals surface area contributed by atoms with Gasteiger partial charge >= 0.3 is 0 Å². The fourth-order valence-corrected chi connectivity index (χ4v) is 3.36. The monoisotopic (exact) mass is 470 g/mol. The predicted octanol–water partition coefficient (Wildman–Crippen LogP) is 7.09. The van der Waals surface area contributed by atoms with Crippen LogP contribution in [0.3, 0.4) is 0 Å². The summed E-state index contributed by atoms with van der Waals surface area (Å²) in [5.41, 5.74) is 4.01. The maximum Gasteiger partial charge on any atom is 0.174 e. The van der Waals surface area contributed by atoms with Gasteiger partial charge in [0.25, 0.3) is 0 Å². The smallest absolute Gasteiger partial charge is 0.174 e. The summed E-state index contributed by atoms with van der Waals surface area (Å²) in [5, 5.41) is 0. The van der Waals surface area contributed by atoms with Gasteiger partial charge in [0.1, 0.15) is 5.76 Å². The van der Waals surface area contributed by atoms with Gasteiger partial charge < -0.3 is 9.40 Å². The first kappa shape index (κ1) is 17.3. The Kier molecular flexibility index (Phi) is 4.83. The molecule has 2 aromatic heterocycles. The second kappa shape index (κ2) is 7.25. The van der Waals surface area contributed by atoms with Crippen LogP contribution in [0.5, 0.6) is 0 Å². The maximum absolute atomic E-state index is 5.89. The molecule has 0 saturated heterocycles. The fraction of sp³-hybridized carbons (Fsp3) is 0.0952. The Balaban J connectivity index is 1.87. The Morgan fingerprint density at radius 2 is 1.46 bits per heavy atom. The molecule has 0 unspecified atom stereocenters. The van der Waals surface area contributed by atoms with E-state index in [0.717, 1.165) is 55.2 Å².